The molecule has 2 N–H and O–H groups in total. The van der Waals surface area contributed by atoms with Crippen molar-refractivity contribution in [2.75, 3.05) is 30.6 Å². The number of methoxy groups -OCH3 is 2. The topological polar surface area (TPSA) is 90.3 Å². The molecule has 0 fully saturated rings. The molecule has 1 aromatic heterocycles. The Kier molecular flexibility index (Phi) is 7.41. The molecule has 164 valence electrons. The third-order valence-corrected chi connectivity index (χ3v) is 5.86. The molecule has 3 rings (SSSR count). The molecule has 9 heteroatoms. The Bertz CT molecular complexity index is 1050. The summed E-state index contributed by atoms with van der Waals surface area (Å²) in [5.74, 6) is 2.03. The lowest BCUT2D eigenvalue weighted by molar-refractivity contribution is -0.113. The van der Waals surface area contributed by atoms with E-state index < -0.39 is 0 Å². The fourth-order valence-corrected chi connectivity index (χ4v) is 3.83. The molecule has 0 spiro atoms. The molecule has 3 aromatic rings. The molecular formula is C22H27N5O3S. The number of rotatable bonds is 9. The number of hydrogen-bond donors (Lipinski definition) is 2. The molecule has 0 radical (unpaired) electrons. The monoisotopic (exact) mass is 441 g/mol. The van der Waals surface area contributed by atoms with E-state index in [2.05, 4.69) is 46.8 Å². The number of aromatic nitrogens is 3. The fourth-order valence-electron chi connectivity index (χ4n) is 3.10. The predicted octanol–water partition coefficient (Wildman–Crippen LogP) is 3.79. The lowest BCUT2D eigenvalue weighted by atomic mass is 10.1. The molecule has 8 nitrogen and oxygen atoms in total. The molecule has 0 bridgehead atoms. The zero-order valence-corrected chi connectivity index (χ0v) is 19.2. The van der Waals surface area contributed by atoms with Crippen molar-refractivity contribution >= 4 is 29.0 Å². The highest BCUT2D eigenvalue weighted by Gasteiger charge is 2.14. The van der Waals surface area contributed by atoms with Gasteiger partial charge in [-0.15, -0.1) is 10.2 Å². The van der Waals surface area contributed by atoms with Crippen molar-refractivity contribution in [2.45, 2.75) is 25.5 Å². The molecule has 1 amide bonds. The molecule has 0 aliphatic carbocycles. The zero-order valence-electron chi connectivity index (χ0n) is 18.4. The minimum absolute atomic E-state index is 0.160. The van der Waals surface area contributed by atoms with E-state index in [0.29, 0.717) is 28.9 Å². The van der Waals surface area contributed by atoms with E-state index in [-0.39, 0.29) is 11.7 Å². The van der Waals surface area contributed by atoms with Gasteiger partial charge >= 0.3 is 0 Å². The predicted molar refractivity (Wildman–Crippen MR) is 123 cm³/mol. The van der Waals surface area contributed by atoms with Crippen molar-refractivity contribution in [2.24, 2.45) is 7.05 Å². The number of hydrogen-bond acceptors (Lipinski definition) is 7. The molecule has 0 unspecified atom stereocenters. The average Bonchev–Trinajstić information content (AvgIpc) is 3.11. The number of thioether (sulfide) groups is 1. The second-order valence-corrected chi connectivity index (χ2v) is 7.92. The van der Waals surface area contributed by atoms with Gasteiger partial charge in [0.2, 0.25) is 5.91 Å². The number of carbonyl (C=O) groups is 1. The molecular weight excluding hydrogens is 414 g/mol. The molecule has 0 aliphatic rings. The maximum absolute atomic E-state index is 12.4. The third-order valence-electron chi connectivity index (χ3n) is 4.84. The van der Waals surface area contributed by atoms with Crippen LogP contribution < -0.4 is 20.1 Å². The summed E-state index contributed by atoms with van der Waals surface area (Å²) in [4.78, 5) is 12.4. The van der Waals surface area contributed by atoms with Crippen molar-refractivity contribution in [3.8, 4) is 11.5 Å². The van der Waals surface area contributed by atoms with Gasteiger partial charge in [-0.1, -0.05) is 30.0 Å². The maximum Gasteiger partial charge on any atom is 0.234 e. The third kappa shape index (κ3) is 5.49. The van der Waals surface area contributed by atoms with Crippen LogP contribution in [0.4, 0.5) is 11.4 Å². The highest BCUT2D eigenvalue weighted by Crippen LogP contribution is 2.29. The summed E-state index contributed by atoms with van der Waals surface area (Å²) in [6.45, 7) is 4.69. The second kappa shape index (κ2) is 10.2. The molecule has 2 aromatic carbocycles. The van der Waals surface area contributed by atoms with Crippen LogP contribution in [-0.2, 0) is 18.4 Å². The Morgan fingerprint density at radius 1 is 1.10 bits per heavy atom. The first-order valence-electron chi connectivity index (χ1n) is 9.76. The number of anilines is 2. The summed E-state index contributed by atoms with van der Waals surface area (Å²) in [5, 5.41) is 15.5. The van der Waals surface area contributed by atoms with Crippen LogP contribution in [0.1, 0.15) is 17.0 Å². The van der Waals surface area contributed by atoms with Gasteiger partial charge in [0.05, 0.1) is 32.2 Å². The molecule has 0 aliphatic heterocycles. The van der Waals surface area contributed by atoms with Gasteiger partial charge in [-0.2, -0.15) is 0 Å². The zero-order chi connectivity index (χ0) is 22.4. The molecule has 0 atom stereocenters. The summed E-state index contributed by atoms with van der Waals surface area (Å²) in [5.41, 5.74) is 4.06. The number of para-hydroxylation sites is 1. The second-order valence-electron chi connectivity index (χ2n) is 6.98. The van der Waals surface area contributed by atoms with Crippen LogP contribution in [0, 0.1) is 13.8 Å². The number of ether oxygens (including phenoxy) is 2. The highest BCUT2D eigenvalue weighted by atomic mass is 32.2. The normalized spacial score (nSPS) is 10.6. The van der Waals surface area contributed by atoms with Crippen LogP contribution in [-0.4, -0.2) is 40.6 Å². The first-order valence-corrected chi connectivity index (χ1v) is 10.7. The van der Waals surface area contributed by atoms with Gasteiger partial charge in [-0.25, -0.2) is 0 Å². The Morgan fingerprint density at radius 2 is 1.84 bits per heavy atom. The van der Waals surface area contributed by atoms with E-state index in [4.69, 9.17) is 9.47 Å². The van der Waals surface area contributed by atoms with Gasteiger partial charge in [-0.3, -0.25) is 4.79 Å². The van der Waals surface area contributed by atoms with Crippen LogP contribution in [0.3, 0.4) is 0 Å². The number of nitrogens with zero attached hydrogens (tertiary/aromatic N) is 3. The number of benzene rings is 2. The lowest BCUT2D eigenvalue weighted by Gasteiger charge is -2.12. The fraction of sp³-hybridized carbons (Fsp3) is 0.318. The van der Waals surface area contributed by atoms with Crippen molar-refractivity contribution in [1.82, 2.24) is 14.8 Å². The van der Waals surface area contributed by atoms with Crippen LogP contribution >= 0.6 is 11.8 Å². The van der Waals surface area contributed by atoms with Gasteiger partial charge in [0, 0.05) is 18.8 Å². The van der Waals surface area contributed by atoms with Crippen molar-refractivity contribution < 1.29 is 14.3 Å². The summed E-state index contributed by atoms with van der Waals surface area (Å²) in [7, 11) is 5.03. The van der Waals surface area contributed by atoms with Gasteiger partial charge in [0.1, 0.15) is 11.5 Å². The van der Waals surface area contributed by atoms with Crippen molar-refractivity contribution in [3.63, 3.8) is 0 Å². The van der Waals surface area contributed by atoms with Crippen LogP contribution in [0.2, 0.25) is 0 Å². The Balaban J connectivity index is 1.58. The first-order chi connectivity index (χ1) is 14.9. The largest absolute Gasteiger partial charge is 0.497 e. The van der Waals surface area contributed by atoms with Gasteiger partial charge in [0.25, 0.3) is 0 Å². The number of carbonyl (C=O) groups excluding carboxylic acids is 1. The lowest BCUT2D eigenvalue weighted by Crippen LogP contribution is -2.15. The van der Waals surface area contributed by atoms with Crippen LogP contribution in [0.5, 0.6) is 11.5 Å². The van der Waals surface area contributed by atoms with E-state index in [1.54, 1.807) is 32.4 Å². The van der Waals surface area contributed by atoms with Crippen LogP contribution in [0.25, 0.3) is 0 Å². The summed E-state index contributed by atoms with van der Waals surface area (Å²) in [6, 6.07) is 11.4. The van der Waals surface area contributed by atoms with Crippen LogP contribution in [0.15, 0.2) is 41.6 Å². The first kappa shape index (κ1) is 22.5. The van der Waals surface area contributed by atoms with Crippen molar-refractivity contribution in [1.29, 1.82) is 0 Å². The van der Waals surface area contributed by atoms with Gasteiger partial charge in [-0.05, 0) is 37.1 Å². The summed E-state index contributed by atoms with van der Waals surface area (Å²) in [6.07, 6.45) is 0. The smallest absolute Gasteiger partial charge is 0.234 e. The van der Waals surface area contributed by atoms with E-state index in [0.717, 1.165) is 11.5 Å². The Labute approximate surface area is 186 Å². The summed E-state index contributed by atoms with van der Waals surface area (Å²) >= 11 is 1.33. The molecule has 0 saturated carbocycles. The van der Waals surface area contributed by atoms with Gasteiger partial charge < -0.3 is 24.7 Å². The van der Waals surface area contributed by atoms with Gasteiger partial charge in [0.15, 0.2) is 11.0 Å². The highest BCUT2D eigenvalue weighted by molar-refractivity contribution is 7.99. The van der Waals surface area contributed by atoms with E-state index in [1.165, 1.54) is 22.9 Å². The Morgan fingerprint density at radius 3 is 2.52 bits per heavy atom. The maximum atomic E-state index is 12.4. The minimum atomic E-state index is -0.160. The summed E-state index contributed by atoms with van der Waals surface area (Å²) < 4.78 is 12.4. The average molecular weight is 442 g/mol. The molecule has 31 heavy (non-hydrogen) atoms. The number of aryl methyl sites for hydroxylation is 2. The van der Waals surface area contributed by atoms with E-state index in [1.807, 2.05) is 17.7 Å². The Hall–Kier alpha value is -3.20. The number of amides is 1. The van der Waals surface area contributed by atoms with E-state index >= 15 is 0 Å². The standard InChI is InChI=1S/C22H27N5O3S/c1-14-7-6-8-15(2)21(14)23-12-19-25-26-22(27(19)3)31-13-20(28)24-17-10-9-16(29-4)11-18(17)30-5/h6-11,23H,12-13H2,1-5H3,(H,24,28). The SMILES string of the molecule is COc1ccc(NC(=O)CSc2nnc(CNc3c(C)cccc3C)n2C)c(OC)c1. The van der Waals surface area contributed by atoms with Crippen molar-refractivity contribution in [3.05, 3.63) is 53.3 Å². The quantitative estimate of drug-likeness (QED) is 0.488. The number of nitrogens with one attached hydrogen (secondary N) is 2. The van der Waals surface area contributed by atoms with E-state index in [9.17, 15) is 4.79 Å². The molecule has 1 heterocycles. The minimum Gasteiger partial charge on any atom is -0.497 e. The molecule has 0 saturated heterocycles.